The topological polar surface area (TPSA) is 49.4 Å². The third-order valence-corrected chi connectivity index (χ3v) is 4.23. The first-order valence-electron chi connectivity index (χ1n) is 7.65. The summed E-state index contributed by atoms with van der Waals surface area (Å²) in [7, 11) is 0. The summed E-state index contributed by atoms with van der Waals surface area (Å²) >= 11 is 0. The van der Waals surface area contributed by atoms with Crippen molar-refractivity contribution in [3.63, 3.8) is 0 Å². The highest BCUT2D eigenvalue weighted by Crippen LogP contribution is 2.27. The Morgan fingerprint density at radius 3 is 2.53 bits per heavy atom. The van der Waals surface area contributed by atoms with Crippen LogP contribution in [0.1, 0.15) is 52.4 Å². The highest BCUT2D eigenvalue weighted by molar-refractivity contribution is 5.84. The average Bonchev–Trinajstić information content (AvgIpc) is 2.89. The molecular weight excluding hydrogens is 240 g/mol. The summed E-state index contributed by atoms with van der Waals surface area (Å²) in [4.78, 5) is 26.0. The predicted molar refractivity (Wildman–Crippen MR) is 74.5 cm³/mol. The van der Waals surface area contributed by atoms with Crippen molar-refractivity contribution in [2.24, 2.45) is 11.8 Å². The molecule has 1 aliphatic heterocycles. The van der Waals surface area contributed by atoms with Crippen molar-refractivity contribution in [1.29, 1.82) is 0 Å². The van der Waals surface area contributed by atoms with Crippen molar-refractivity contribution >= 4 is 11.8 Å². The normalized spacial score (nSPS) is 24.6. The molecule has 4 heteroatoms. The number of piperidine rings is 1. The zero-order valence-electron chi connectivity index (χ0n) is 12.2. The van der Waals surface area contributed by atoms with Gasteiger partial charge in [-0.2, -0.15) is 0 Å². The van der Waals surface area contributed by atoms with Crippen LogP contribution < -0.4 is 5.32 Å². The van der Waals surface area contributed by atoms with Gasteiger partial charge in [0.15, 0.2) is 0 Å². The number of nitrogens with zero attached hydrogens (tertiary/aromatic N) is 1. The Kier molecular flexibility index (Phi) is 4.83. The minimum absolute atomic E-state index is 0.00273. The monoisotopic (exact) mass is 266 g/mol. The van der Waals surface area contributed by atoms with Crippen molar-refractivity contribution in [1.82, 2.24) is 10.2 Å². The summed E-state index contributed by atoms with van der Waals surface area (Å²) in [6, 6.07) is 0.438. The number of hydrogen-bond donors (Lipinski definition) is 1. The van der Waals surface area contributed by atoms with Gasteiger partial charge in [-0.1, -0.05) is 26.7 Å². The first kappa shape index (κ1) is 14.4. The Morgan fingerprint density at radius 2 is 2.00 bits per heavy atom. The smallest absolute Gasteiger partial charge is 0.227 e. The first-order valence-corrected chi connectivity index (χ1v) is 7.65. The molecule has 0 aromatic carbocycles. The Balaban J connectivity index is 1.99. The van der Waals surface area contributed by atoms with Crippen LogP contribution in [0.5, 0.6) is 0 Å². The predicted octanol–water partition coefficient (Wildman–Crippen LogP) is 1.94. The van der Waals surface area contributed by atoms with Gasteiger partial charge in [0, 0.05) is 25.6 Å². The maximum absolute atomic E-state index is 12.7. The molecule has 0 radical (unpaired) electrons. The van der Waals surface area contributed by atoms with Crippen LogP contribution in [0.15, 0.2) is 0 Å². The third-order valence-electron chi connectivity index (χ3n) is 4.23. The van der Waals surface area contributed by atoms with E-state index in [0.29, 0.717) is 31.3 Å². The lowest BCUT2D eigenvalue weighted by Crippen LogP contribution is -2.49. The van der Waals surface area contributed by atoms with Crippen LogP contribution in [0.2, 0.25) is 0 Å². The Bertz CT molecular complexity index is 325. The van der Waals surface area contributed by atoms with Gasteiger partial charge in [-0.3, -0.25) is 9.59 Å². The molecule has 1 saturated carbocycles. The molecule has 2 aliphatic rings. The van der Waals surface area contributed by atoms with Crippen LogP contribution in [0.4, 0.5) is 0 Å². The van der Waals surface area contributed by atoms with Gasteiger partial charge < -0.3 is 10.2 Å². The molecule has 19 heavy (non-hydrogen) atoms. The zero-order chi connectivity index (χ0) is 13.8. The second-order valence-electron chi connectivity index (χ2n) is 6.36. The van der Waals surface area contributed by atoms with E-state index < -0.39 is 0 Å². The summed E-state index contributed by atoms with van der Waals surface area (Å²) in [6.45, 7) is 5.71. The second-order valence-corrected chi connectivity index (χ2v) is 6.36. The van der Waals surface area contributed by atoms with Gasteiger partial charge in [0.1, 0.15) is 0 Å². The number of carbonyl (C=O) groups excluding carboxylic acids is 2. The maximum Gasteiger partial charge on any atom is 0.227 e. The quantitative estimate of drug-likeness (QED) is 0.845. The van der Waals surface area contributed by atoms with Gasteiger partial charge in [0.25, 0.3) is 0 Å². The Labute approximate surface area is 115 Å². The second kappa shape index (κ2) is 6.40. The van der Waals surface area contributed by atoms with E-state index in [9.17, 15) is 9.59 Å². The molecule has 1 aliphatic carbocycles. The van der Waals surface area contributed by atoms with E-state index in [2.05, 4.69) is 24.1 Å². The van der Waals surface area contributed by atoms with Gasteiger partial charge in [-0.25, -0.2) is 0 Å². The fraction of sp³-hybridized carbons (Fsp3) is 0.867. The van der Waals surface area contributed by atoms with E-state index in [1.807, 2.05) is 0 Å². The fourth-order valence-electron chi connectivity index (χ4n) is 3.21. The Hall–Kier alpha value is -1.06. The van der Waals surface area contributed by atoms with Crippen molar-refractivity contribution in [3.05, 3.63) is 0 Å². The molecule has 1 unspecified atom stereocenters. The van der Waals surface area contributed by atoms with Gasteiger partial charge in [0.2, 0.25) is 11.8 Å². The van der Waals surface area contributed by atoms with Crippen LogP contribution in [-0.4, -0.2) is 35.8 Å². The number of nitrogens with one attached hydrogen (secondary N) is 1. The lowest BCUT2D eigenvalue weighted by molar-refractivity contribution is -0.140. The third kappa shape index (κ3) is 3.71. The molecule has 1 saturated heterocycles. The highest BCUT2D eigenvalue weighted by atomic mass is 16.2. The molecule has 0 aromatic rings. The highest BCUT2D eigenvalue weighted by Gasteiger charge is 2.33. The molecule has 0 spiro atoms. The molecule has 1 N–H and O–H groups in total. The van der Waals surface area contributed by atoms with Gasteiger partial charge in [0.05, 0.1) is 5.92 Å². The van der Waals surface area contributed by atoms with Crippen LogP contribution in [-0.2, 0) is 9.59 Å². The van der Waals surface area contributed by atoms with Gasteiger partial charge in [-0.15, -0.1) is 0 Å². The van der Waals surface area contributed by atoms with Crippen molar-refractivity contribution < 1.29 is 9.59 Å². The molecule has 4 nitrogen and oxygen atoms in total. The lowest BCUT2D eigenvalue weighted by atomic mass is 9.96. The van der Waals surface area contributed by atoms with Crippen molar-refractivity contribution in [2.45, 2.75) is 58.4 Å². The van der Waals surface area contributed by atoms with Gasteiger partial charge in [-0.05, 0) is 25.2 Å². The molecule has 2 fully saturated rings. The Morgan fingerprint density at radius 1 is 1.32 bits per heavy atom. The van der Waals surface area contributed by atoms with E-state index in [0.717, 1.165) is 19.4 Å². The maximum atomic E-state index is 12.7. The average molecular weight is 266 g/mol. The van der Waals surface area contributed by atoms with E-state index in [-0.39, 0.29) is 17.7 Å². The number of amides is 2. The fourth-order valence-corrected chi connectivity index (χ4v) is 3.21. The molecule has 0 bridgehead atoms. The minimum Gasteiger partial charge on any atom is -0.355 e. The summed E-state index contributed by atoms with van der Waals surface area (Å²) in [5.41, 5.74) is 0. The van der Waals surface area contributed by atoms with Crippen molar-refractivity contribution in [3.8, 4) is 0 Å². The van der Waals surface area contributed by atoms with Gasteiger partial charge >= 0.3 is 0 Å². The number of hydrogen-bond acceptors (Lipinski definition) is 2. The van der Waals surface area contributed by atoms with Crippen LogP contribution in [0, 0.1) is 11.8 Å². The van der Waals surface area contributed by atoms with Crippen LogP contribution >= 0.6 is 0 Å². The largest absolute Gasteiger partial charge is 0.355 e. The molecular formula is C15H26N2O2. The molecule has 1 atom stereocenters. The molecule has 1 heterocycles. The van der Waals surface area contributed by atoms with E-state index >= 15 is 0 Å². The van der Waals surface area contributed by atoms with E-state index in [4.69, 9.17) is 0 Å². The summed E-state index contributed by atoms with van der Waals surface area (Å²) in [5, 5.41) is 2.83. The molecule has 2 amide bonds. The van der Waals surface area contributed by atoms with Crippen molar-refractivity contribution in [2.75, 3.05) is 13.1 Å². The number of carbonyl (C=O) groups is 2. The molecule has 2 rings (SSSR count). The van der Waals surface area contributed by atoms with Crippen LogP contribution in [0.3, 0.4) is 0 Å². The summed E-state index contributed by atoms with van der Waals surface area (Å²) < 4.78 is 0. The number of rotatable bonds is 4. The van der Waals surface area contributed by atoms with Crippen LogP contribution in [0.25, 0.3) is 0 Å². The molecule has 0 aromatic heterocycles. The standard InChI is InChI=1S/C15H26N2O2/c1-11(2)10-17(13-5-3-4-6-13)15(19)12-7-8-14(18)16-9-12/h11-13H,3-10H2,1-2H3,(H,16,18). The summed E-state index contributed by atoms with van der Waals surface area (Å²) in [6.07, 6.45) is 6.00. The lowest BCUT2D eigenvalue weighted by Gasteiger charge is -2.35. The first-order chi connectivity index (χ1) is 9.08. The minimum atomic E-state index is -0.00273. The molecule has 108 valence electrons. The summed E-state index contributed by atoms with van der Waals surface area (Å²) in [5.74, 6) is 0.848. The zero-order valence-corrected chi connectivity index (χ0v) is 12.2. The van der Waals surface area contributed by atoms with E-state index in [1.165, 1.54) is 12.8 Å². The van der Waals surface area contributed by atoms with E-state index in [1.54, 1.807) is 0 Å². The SMILES string of the molecule is CC(C)CN(C(=O)C1CCC(=O)NC1)C1CCCC1.